The summed E-state index contributed by atoms with van der Waals surface area (Å²) in [7, 11) is 2.87. The maximum Gasteiger partial charge on any atom is 0.323 e. The van der Waals surface area contributed by atoms with Gasteiger partial charge in [0.1, 0.15) is 11.6 Å². The van der Waals surface area contributed by atoms with Gasteiger partial charge in [-0.05, 0) is 79.3 Å². The zero-order chi connectivity index (χ0) is 32.3. The first kappa shape index (κ1) is 32.2. The number of halogens is 1. The minimum Gasteiger partial charge on any atom is -0.496 e. The predicted octanol–water partition coefficient (Wildman–Crippen LogP) is 4.18. The average molecular weight is 604 g/mol. The Morgan fingerprint density at radius 2 is 1.73 bits per heavy atom. The molecule has 0 saturated carbocycles. The van der Waals surface area contributed by atoms with Crippen molar-refractivity contribution in [3.63, 3.8) is 0 Å². The van der Waals surface area contributed by atoms with Crippen molar-refractivity contribution in [1.29, 1.82) is 0 Å². The van der Waals surface area contributed by atoms with Gasteiger partial charge in [0.25, 0.3) is 5.91 Å². The van der Waals surface area contributed by atoms with E-state index in [1.165, 1.54) is 26.4 Å². The summed E-state index contributed by atoms with van der Waals surface area (Å²) in [6.45, 7) is 7.69. The zero-order valence-electron chi connectivity index (χ0n) is 25.7. The lowest BCUT2D eigenvalue weighted by atomic mass is 9.90. The third kappa shape index (κ3) is 6.43. The third-order valence-electron chi connectivity index (χ3n) is 8.01. The quantitative estimate of drug-likeness (QED) is 0.235. The Morgan fingerprint density at radius 3 is 2.39 bits per heavy atom. The van der Waals surface area contributed by atoms with Crippen molar-refractivity contribution in [2.24, 2.45) is 11.1 Å². The molecule has 1 heterocycles. The van der Waals surface area contributed by atoms with Gasteiger partial charge in [-0.3, -0.25) is 14.5 Å². The summed E-state index contributed by atoms with van der Waals surface area (Å²) in [6, 6.07) is 14.0. The number of amides is 4. The van der Waals surface area contributed by atoms with Gasteiger partial charge in [-0.15, -0.1) is 0 Å². The molecule has 10 nitrogen and oxygen atoms in total. The van der Waals surface area contributed by atoms with Crippen molar-refractivity contribution < 1.29 is 28.6 Å². The number of hydrogen-bond acceptors (Lipinski definition) is 6. The van der Waals surface area contributed by atoms with Crippen molar-refractivity contribution >= 4 is 23.5 Å². The van der Waals surface area contributed by atoms with Crippen LogP contribution >= 0.6 is 0 Å². The number of benzene rings is 3. The zero-order valence-corrected chi connectivity index (χ0v) is 25.7. The molecule has 6 N–H and O–H groups in total. The van der Waals surface area contributed by atoms with Crippen molar-refractivity contribution in [3.8, 4) is 28.0 Å². The Bertz CT molecular complexity index is 1650. The monoisotopic (exact) mass is 603 g/mol. The number of carbonyl (C=O) groups excluding carboxylic acids is 3. The topological polar surface area (TPSA) is 146 Å². The number of nitrogens with two attached hydrogens (primary N) is 1. The van der Waals surface area contributed by atoms with Gasteiger partial charge in [-0.1, -0.05) is 30.3 Å². The number of anilines is 1. The molecule has 0 aliphatic carbocycles. The molecule has 11 heteroatoms. The van der Waals surface area contributed by atoms with E-state index >= 15 is 4.39 Å². The van der Waals surface area contributed by atoms with Crippen molar-refractivity contribution in [1.82, 2.24) is 15.5 Å². The van der Waals surface area contributed by atoms with E-state index in [1.54, 1.807) is 26.0 Å². The number of nitrogens with one attached hydrogen (secondary N) is 3. The Kier molecular flexibility index (Phi) is 9.41. The fourth-order valence-corrected chi connectivity index (χ4v) is 5.02. The molecule has 4 rings (SSSR count). The van der Waals surface area contributed by atoms with Gasteiger partial charge >= 0.3 is 6.03 Å². The molecule has 1 aliphatic heterocycles. The van der Waals surface area contributed by atoms with E-state index in [9.17, 15) is 19.5 Å². The summed E-state index contributed by atoms with van der Waals surface area (Å²) >= 11 is 0. The highest BCUT2D eigenvalue weighted by atomic mass is 19.1. The molecule has 0 aromatic heterocycles. The van der Waals surface area contributed by atoms with Crippen LogP contribution in [0.2, 0.25) is 0 Å². The minimum atomic E-state index is -1.38. The van der Waals surface area contributed by atoms with Crippen LogP contribution in [0.5, 0.6) is 5.75 Å². The van der Waals surface area contributed by atoms with E-state index in [4.69, 9.17) is 10.5 Å². The summed E-state index contributed by atoms with van der Waals surface area (Å²) in [4.78, 5) is 37.4. The summed E-state index contributed by atoms with van der Waals surface area (Å²) < 4.78 is 21.0. The van der Waals surface area contributed by atoms with Crippen LogP contribution in [-0.2, 0) is 16.1 Å². The predicted molar refractivity (Wildman–Crippen MR) is 167 cm³/mol. The SMILES string of the molecule is COc1cc(-c2cccc(-c3cccc(NC(=O)C4=CNC(=O)N(C)C4O)c3C)c2C)cc(F)c1CNCC(C)(C)C(N)=O. The number of primary amides is 1. The number of rotatable bonds is 10. The lowest BCUT2D eigenvalue weighted by Gasteiger charge is -2.29. The van der Waals surface area contributed by atoms with Crippen molar-refractivity contribution in [3.05, 3.63) is 82.8 Å². The number of carbonyl (C=O) groups is 3. The number of hydrogen-bond donors (Lipinski definition) is 5. The molecule has 0 saturated heterocycles. The smallest absolute Gasteiger partial charge is 0.323 e. The normalized spacial score (nSPS) is 15.0. The van der Waals surface area contributed by atoms with Gasteiger partial charge in [0, 0.05) is 37.6 Å². The largest absolute Gasteiger partial charge is 0.496 e. The number of urea groups is 1. The number of aliphatic hydroxyl groups excluding tert-OH is 1. The second-order valence-electron chi connectivity index (χ2n) is 11.4. The summed E-state index contributed by atoms with van der Waals surface area (Å²) in [5.41, 5.74) is 10.4. The fraction of sp³-hybridized carbons (Fsp3) is 0.303. The molecule has 0 bridgehead atoms. The van der Waals surface area contributed by atoms with E-state index in [0.717, 1.165) is 32.7 Å². The van der Waals surface area contributed by atoms with Gasteiger partial charge in [-0.2, -0.15) is 0 Å². The second kappa shape index (κ2) is 12.9. The van der Waals surface area contributed by atoms with Gasteiger partial charge in [0.15, 0.2) is 6.23 Å². The first-order chi connectivity index (χ1) is 20.8. The highest BCUT2D eigenvalue weighted by molar-refractivity contribution is 6.06. The van der Waals surface area contributed by atoms with Crippen LogP contribution in [0.4, 0.5) is 14.9 Å². The highest BCUT2D eigenvalue weighted by Crippen LogP contribution is 2.38. The van der Waals surface area contributed by atoms with Crippen LogP contribution in [0, 0.1) is 25.1 Å². The van der Waals surface area contributed by atoms with Crippen LogP contribution in [0.15, 0.2) is 60.3 Å². The number of aliphatic hydroxyl groups is 1. The van der Waals surface area contributed by atoms with Gasteiger partial charge in [0.05, 0.1) is 18.1 Å². The molecule has 1 atom stereocenters. The lowest BCUT2D eigenvalue weighted by molar-refractivity contribution is -0.125. The Labute approximate surface area is 256 Å². The first-order valence-corrected chi connectivity index (χ1v) is 14.1. The molecule has 0 fully saturated rings. The van der Waals surface area contributed by atoms with Crippen LogP contribution in [0.3, 0.4) is 0 Å². The molecule has 1 aliphatic rings. The van der Waals surface area contributed by atoms with Gasteiger partial charge in [0.2, 0.25) is 5.91 Å². The standard InChI is InChI=1S/C33H38FN5O5/c1-18-21(20-13-26(34)24(28(14-20)44-6)15-36-17-33(3,4)31(35)42)9-7-10-22(18)23-11-8-12-27(19(23)2)38-29(40)25-16-37-32(43)39(5)30(25)41/h7-14,16,30,36,41H,15,17H2,1-6H3,(H2,35,42)(H,37,43)(H,38,40). The Balaban J connectivity index is 1.63. The molecular formula is C33H38FN5O5. The van der Waals surface area contributed by atoms with E-state index in [0.29, 0.717) is 22.6 Å². The summed E-state index contributed by atoms with van der Waals surface area (Å²) in [5.74, 6) is -1.08. The molecule has 1 unspecified atom stereocenters. The molecule has 44 heavy (non-hydrogen) atoms. The van der Waals surface area contributed by atoms with Crippen LogP contribution < -0.4 is 26.4 Å². The Morgan fingerprint density at radius 1 is 1.09 bits per heavy atom. The number of ether oxygens (including phenoxy) is 1. The molecular weight excluding hydrogens is 565 g/mol. The summed E-state index contributed by atoms with van der Waals surface area (Å²) in [6.07, 6.45) is -0.182. The van der Waals surface area contributed by atoms with Crippen molar-refractivity contribution in [2.45, 2.75) is 40.5 Å². The molecule has 4 amide bonds. The third-order valence-corrected chi connectivity index (χ3v) is 8.01. The van der Waals surface area contributed by atoms with E-state index in [-0.39, 0.29) is 18.7 Å². The van der Waals surface area contributed by atoms with Crippen LogP contribution in [-0.4, -0.2) is 54.8 Å². The van der Waals surface area contributed by atoms with Crippen LogP contribution in [0.25, 0.3) is 22.3 Å². The number of methoxy groups -OCH3 is 1. The molecule has 3 aromatic carbocycles. The lowest BCUT2D eigenvalue weighted by Crippen LogP contribution is -2.49. The molecule has 0 spiro atoms. The molecule has 0 radical (unpaired) electrons. The maximum absolute atomic E-state index is 15.5. The highest BCUT2D eigenvalue weighted by Gasteiger charge is 2.30. The molecule has 232 valence electrons. The summed E-state index contributed by atoms with van der Waals surface area (Å²) in [5, 5.41) is 18.8. The van der Waals surface area contributed by atoms with E-state index in [1.807, 2.05) is 44.2 Å². The van der Waals surface area contributed by atoms with E-state index in [2.05, 4.69) is 16.0 Å². The second-order valence-corrected chi connectivity index (χ2v) is 11.4. The fourth-order valence-electron chi connectivity index (χ4n) is 5.02. The van der Waals surface area contributed by atoms with Gasteiger partial charge < -0.3 is 31.5 Å². The number of likely N-dealkylation sites (N-methyl/N-ethyl adjacent to an activating group) is 1. The first-order valence-electron chi connectivity index (χ1n) is 14.1. The maximum atomic E-state index is 15.5. The average Bonchev–Trinajstić information content (AvgIpc) is 2.97. The Hall–Kier alpha value is -4.74. The van der Waals surface area contributed by atoms with E-state index < -0.39 is 35.3 Å². The number of nitrogens with zero attached hydrogens (tertiary/aromatic N) is 1. The van der Waals surface area contributed by atoms with Crippen molar-refractivity contribution in [2.75, 3.05) is 26.0 Å². The molecule has 3 aromatic rings. The van der Waals surface area contributed by atoms with Crippen LogP contribution in [0.1, 0.15) is 30.5 Å². The van der Waals surface area contributed by atoms with Gasteiger partial charge in [-0.25, -0.2) is 9.18 Å². The minimum absolute atomic E-state index is 0.00119.